The molecule has 3 unspecified atom stereocenters. The van der Waals surface area contributed by atoms with Crippen LogP contribution >= 0.6 is 11.8 Å². The Balaban J connectivity index is 2.32. The molecule has 96 valence electrons. The SMILES string of the molecule is CCNC1CCC(C)CC1SCCC(C)C. The summed E-state index contributed by atoms with van der Waals surface area (Å²) in [6.07, 6.45) is 5.59. The fourth-order valence-electron chi connectivity index (χ4n) is 2.46. The summed E-state index contributed by atoms with van der Waals surface area (Å²) in [6, 6.07) is 0.776. The van der Waals surface area contributed by atoms with Gasteiger partial charge in [0.05, 0.1) is 0 Å². The van der Waals surface area contributed by atoms with Crippen LogP contribution in [0.4, 0.5) is 0 Å². The minimum atomic E-state index is 0.776. The molecule has 1 nitrogen and oxygen atoms in total. The molecule has 0 saturated heterocycles. The lowest BCUT2D eigenvalue weighted by Crippen LogP contribution is -2.42. The highest BCUT2D eigenvalue weighted by Crippen LogP contribution is 2.33. The molecule has 2 heteroatoms. The molecule has 0 aromatic heterocycles. The van der Waals surface area contributed by atoms with Crippen LogP contribution in [0.5, 0.6) is 0 Å². The van der Waals surface area contributed by atoms with Crippen LogP contribution in [-0.2, 0) is 0 Å². The Kier molecular flexibility index (Phi) is 6.83. The van der Waals surface area contributed by atoms with Crippen molar-refractivity contribution >= 4 is 11.8 Å². The molecule has 1 aliphatic rings. The lowest BCUT2D eigenvalue weighted by atomic mass is 9.87. The molecule has 0 aromatic carbocycles. The van der Waals surface area contributed by atoms with Crippen molar-refractivity contribution in [1.82, 2.24) is 5.32 Å². The average molecular weight is 243 g/mol. The highest BCUT2D eigenvalue weighted by Gasteiger charge is 2.27. The standard InChI is InChI=1S/C14H29NS/c1-5-15-13-7-6-12(4)10-14(13)16-9-8-11(2)3/h11-15H,5-10H2,1-4H3. The third-order valence-electron chi connectivity index (χ3n) is 3.55. The lowest BCUT2D eigenvalue weighted by Gasteiger charge is -2.35. The van der Waals surface area contributed by atoms with E-state index in [0.29, 0.717) is 0 Å². The van der Waals surface area contributed by atoms with Crippen molar-refractivity contribution in [3.05, 3.63) is 0 Å². The zero-order valence-corrected chi connectivity index (χ0v) is 12.3. The monoisotopic (exact) mass is 243 g/mol. The highest BCUT2D eigenvalue weighted by atomic mass is 32.2. The molecule has 0 bridgehead atoms. The minimum Gasteiger partial charge on any atom is -0.313 e. The largest absolute Gasteiger partial charge is 0.313 e. The van der Waals surface area contributed by atoms with Crippen LogP contribution in [0.25, 0.3) is 0 Å². The van der Waals surface area contributed by atoms with Crippen LogP contribution in [0, 0.1) is 11.8 Å². The summed E-state index contributed by atoms with van der Waals surface area (Å²) in [5.41, 5.74) is 0. The molecule has 0 aliphatic heterocycles. The van der Waals surface area contributed by atoms with Gasteiger partial charge in [0, 0.05) is 11.3 Å². The van der Waals surface area contributed by atoms with E-state index in [9.17, 15) is 0 Å². The maximum atomic E-state index is 3.67. The van der Waals surface area contributed by atoms with Gasteiger partial charge in [0.1, 0.15) is 0 Å². The Hall–Kier alpha value is 0.310. The fraction of sp³-hybridized carbons (Fsp3) is 1.00. The van der Waals surface area contributed by atoms with E-state index in [-0.39, 0.29) is 0 Å². The Bertz CT molecular complexity index is 182. The van der Waals surface area contributed by atoms with E-state index in [2.05, 4.69) is 44.8 Å². The molecule has 1 N–H and O–H groups in total. The number of hydrogen-bond acceptors (Lipinski definition) is 2. The average Bonchev–Trinajstić information content (AvgIpc) is 2.21. The van der Waals surface area contributed by atoms with Crippen LogP contribution in [0.2, 0.25) is 0 Å². The summed E-state index contributed by atoms with van der Waals surface area (Å²) in [4.78, 5) is 0. The van der Waals surface area contributed by atoms with Gasteiger partial charge in [0.2, 0.25) is 0 Å². The summed E-state index contributed by atoms with van der Waals surface area (Å²) in [5, 5.41) is 4.54. The van der Waals surface area contributed by atoms with E-state index < -0.39 is 0 Å². The van der Waals surface area contributed by atoms with E-state index in [1.807, 2.05) is 0 Å². The van der Waals surface area contributed by atoms with Gasteiger partial charge in [-0.3, -0.25) is 0 Å². The fourth-order valence-corrected chi connectivity index (χ4v) is 4.30. The number of thioether (sulfide) groups is 1. The molecule has 0 aromatic rings. The van der Waals surface area contributed by atoms with Crippen molar-refractivity contribution in [2.24, 2.45) is 11.8 Å². The van der Waals surface area contributed by atoms with Crippen LogP contribution in [0.3, 0.4) is 0 Å². The third kappa shape index (κ3) is 5.09. The Morgan fingerprint density at radius 1 is 1.31 bits per heavy atom. The minimum absolute atomic E-state index is 0.776. The first-order valence-electron chi connectivity index (χ1n) is 6.98. The zero-order chi connectivity index (χ0) is 12.0. The molecule has 1 fully saturated rings. The van der Waals surface area contributed by atoms with E-state index >= 15 is 0 Å². The van der Waals surface area contributed by atoms with E-state index in [0.717, 1.165) is 29.7 Å². The van der Waals surface area contributed by atoms with Gasteiger partial charge in [-0.15, -0.1) is 0 Å². The lowest BCUT2D eigenvalue weighted by molar-refractivity contribution is 0.320. The van der Waals surface area contributed by atoms with Crippen molar-refractivity contribution in [3.63, 3.8) is 0 Å². The second-order valence-corrected chi connectivity index (χ2v) is 7.02. The van der Waals surface area contributed by atoms with Gasteiger partial charge >= 0.3 is 0 Å². The normalized spacial score (nSPS) is 30.9. The molecule has 0 spiro atoms. The zero-order valence-electron chi connectivity index (χ0n) is 11.5. The van der Waals surface area contributed by atoms with Crippen molar-refractivity contribution < 1.29 is 0 Å². The summed E-state index contributed by atoms with van der Waals surface area (Å²) >= 11 is 2.22. The summed E-state index contributed by atoms with van der Waals surface area (Å²) in [7, 11) is 0. The molecule has 0 heterocycles. The molecule has 0 radical (unpaired) electrons. The van der Waals surface area contributed by atoms with Gasteiger partial charge in [-0.1, -0.05) is 27.7 Å². The molecule has 1 saturated carbocycles. The van der Waals surface area contributed by atoms with Gasteiger partial charge in [-0.25, -0.2) is 0 Å². The molecule has 1 rings (SSSR count). The van der Waals surface area contributed by atoms with Crippen molar-refractivity contribution in [3.8, 4) is 0 Å². The van der Waals surface area contributed by atoms with Gasteiger partial charge in [-0.05, 0) is 49.8 Å². The smallest absolute Gasteiger partial charge is 0.0203 e. The first kappa shape index (κ1) is 14.4. The van der Waals surface area contributed by atoms with Gasteiger partial charge in [0.25, 0.3) is 0 Å². The number of hydrogen-bond donors (Lipinski definition) is 1. The predicted octanol–water partition coefficient (Wildman–Crippen LogP) is 3.93. The molecular formula is C14H29NS. The topological polar surface area (TPSA) is 12.0 Å². The number of nitrogens with one attached hydrogen (secondary N) is 1. The second-order valence-electron chi connectivity index (χ2n) is 5.67. The first-order chi connectivity index (χ1) is 7.63. The molecule has 16 heavy (non-hydrogen) atoms. The predicted molar refractivity (Wildman–Crippen MR) is 76.2 cm³/mol. The molecule has 3 atom stereocenters. The number of rotatable bonds is 6. The van der Waals surface area contributed by atoms with Crippen molar-refractivity contribution in [1.29, 1.82) is 0 Å². The molecule has 1 aliphatic carbocycles. The van der Waals surface area contributed by atoms with Gasteiger partial charge in [-0.2, -0.15) is 11.8 Å². The molecular weight excluding hydrogens is 214 g/mol. The van der Waals surface area contributed by atoms with Crippen LogP contribution < -0.4 is 5.32 Å². The maximum Gasteiger partial charge on any atom is 0.0203 e. The summed E-state index contributed by atoms with van der Waals surface area (Å²) in [6.45, 7) is 10.4. The second kappa shape index (κ2) is 7.60. The maximum absolute atomic E-state index is 3.67. The summed E-state index contributed by atoms with van der Waals surface area (Å²) in [5.74, 6) is 3.13. The quantitative estimate of drug-likeness (QED) is 0.758. The van der Waals surface area contributed by atoms with Crippen molar-refractivity contribution in [2.45, 2.75) is 64.7 Å². The Labute approximate surface area is 106 Å². The molecule has 0 amide bonds. The Morgan fingerprint density at radius 2 is 2.06 bits per heavy atom. The highest BCUT2D eigenvalue weighted by molar-refractivity contribution is 7.99. The van der Waals surface area contributed by atoms with Crippen LogP contribution in [0.15, 0.2) is 0 Å². The van der Waals surface area contributed by atoms with Crippen molar-refractivity contribution in [2.75, 3.05) is 12.3 Å². The van der Waals surface area contributed by atoms with E-state index in [1.54, 1.807) is 0 Å². The van der Waals surface area contributed by atoms with E-state index in [1.165, 1.54) is 31.4 Å². The third-order valence-corrected chi connectivity index (χ3v) is 4.97. The van der Waals surface area contributed by atoms with Gasteiger partial charge in [0.15, 0.2) is 0 Å². The first-order valence-corrected chi connectivity index (χ1v) is 8.03. The van der Waals surface area contributed by atoms with E-state index in [4.69, 9.17) is 0 Å². The van der Waals surface area contributed by atoms with Crippen LogP contribution in [0.1, 0.15) is 53.4 Å². The van der Waals surface area contributed by atoms with Crippen LogP contribution in [-0.4, -0.2) is 23.6 Å². The van der Waals surface area contributed by atoms with Gasteiger partial charge < -0.3 is 5.32 Å². The Morgan fingerprint density at radius 3 is 2.69 bits per heavy atom. The summed E-state index contributed by atoms with van der Waals surface area (Å²) < 4.78 is 0.